The number of benzene rings is 1. The Morgan fingerprint density at radius 1 is 1.43 bits per heavy atom. The molecule has 128 valence electrons. The van der Waals surface area contributed by atoms with E-state index in [1.54, 1.807) is 0 Å². The Balaban J connectivity index is 2.00. The maximum Gasteiger partial charge on any atom is 0.267 e. The molecule has 0 unspecified atom stereocenters. The van der Waals surface area contributed by atoms with Crippen LogP contribution in [0.15, 0.2) is 23.1 Å². The predicted octanol–water partition coefficient (Wildman–Crippen LogP) is 2.38. The lowest BCUT2D eigenvalue weighted by Gasteiger charge is -2.16. The molecule has 0 aliphatic carbocycles. The molecule has 2 atom stereocenters. The second-order valence-corrected chi connectivity index (χ2v) is 7.56. The lowest BCUT2D eigenvalue weighted by Crippen LogP contribution is -2.39. The number of halogens is 2. The SMILES string of the molecule is C[C@@H](OC[C@@H]1CCCO1)C(=O)NS(=O)(=O)c1c(Cl)cccc1Cl. The Hall–Kier alpha value is -0.860. The van der Waals surface area contributed by atoms with Crippen LogP contribution >= 0.6 is 23.2 Å². The van der Waals surface area contributed by atoms with Crippen molar-refractivity contribution in [3.8, 4) is 0 Å². The van der Waals surface area contributed by atoms with Crippen molar-refractivity contribution in [2.45, 2.75) is 36.9 Å². The van der Waals surface area contributed by atoms with Crippen LogP contribution in [0.1, 0.15) is 19.8 Å². The van der Waals surface area contributed by atoms with E-state index in [1.807, 2.05) is 4.72 Å². The van der Waals surface area contributed by atoms with Gasteiger partial charge >= 0.3 is 0 Å². The molecule has 0 spiro atoms. The van der Waals surface area contributed by atoms with Crippen LogP contribution in [-0.2, 0) is 24.3 Å². The molecule has 1 aliphatic heterocycles. The van der Waals surface area contributed by atoms with Crippen LogP contribution in [0.5, 0.6) is 0 Å². The normalized spacial score (nSPS) is 19.5. The van der Waals surface area contributed by atoms with Gasteiger partial charge in [-0.3, -0.25) is 4.79 Å². The summed E-state index contributed by atoms with van der Waals surface area (Å²) in [6, 6.07) is 4.27. The molecule has 1 heterocycles. The van der Waals surface area contributed by atoms with Crippen molar-refractivity contribution in [2.24, 2.45) is 0 Å². The average Bonchev–Trinajstić information content (AvgIpc) is 2.96. The number of sulfonamides is 1. The van der Waals surface area contributed by atoms with Crippen molar-refractivity contribution >= 4 is 39.1 Å². The van der Waals surface area contributed by atoms with E-state index in [-0.39, 0.29) is 27.7 Å². The molecule has 1 N–H and O–H groups in total. The first-order chi connectivity index (χ1) is 10.8. The van der Waals surface area contributed by atoms with Crippen LogP contribution in [0.25, 0.3) is 0 Å². The number of hydrogen-bond donors (Lipinski definition) is 1. The van der Waals surface area contributed by atoms with Gasteiger partial charge in [0.15, 0.2) is 0 Å². The molecule has 0 aromatic heterocycles. The first kappa shape index (κ1) is 18.5. The second kappa shape index (κ2) is 7.81. The van der Waals surface area contributed by atoms with Gasteiger partial charge < -0.3 is 9.47 Å². The van der Waals surface area contributed by atoms with Crippen LogP contribution in [0.4, 0.5) is 0 Å². The van der Waals surface area contributed by atoms with E-state index < -0.39 is 22.0 Å². The number of carbonyl (C=O) groups is 1. The highest BCUT2D eigenvalue weighted by molar-refractivity contribution is 7.90. The smallest absolute Gasteiger partial charge is 0.267 e. The van der Waals surface area contributed by atoms with Crippen LogP contribution < -0.4 is 4.72 Å². The molecule has 1 saturated heterocycles. The fraction of sp³-hybridized carbons (Fsp3) is 0.500. The van der Waals surface area contributed by atoms with Gasteiger partial charge in [0.05, 0.1) is 22.8 Å². The van der Waals surface area contributed by atoms with E-state index in [9.17, 15) is 13.2 Å². The summed E-state index contributed by atoms with van der Waals surface area (Å²) < 4.78 is 37.2. The topological polar surface area (TPSA) is 81.7 Å². The maximum atomic E-state index is 12.3. The molecule has 1 aromatic rings. The van der Waals surface area contributed by atoms with Gasteiger partial charge in [-0.2, -0.15) is 0 Å². The van der Waals surface area contributed by atoms with E-state index in [0.29, 0.717) is 6.61 Å². The monoisotopic (exact) mass is 381 g/mol. The summed E-state index contributed by atoms with van der Waals surface area (Å²) in [6.07, 6.45) is 0.811. The lowest BCUT2D eigenvalue weighted by molar-refractivity contribution is -0.131. The van der Waals surface area contributed by atoms with E-state index in [1.165, 1.54) is 25.1 Å². The Morgan fingerprint density at radius 3 is 2.65 bits per heavy atom. The number of amides is 1. The summed E-state index contributed by atoms with van der Waals surface area (Å²) in [5, 5.41) is -0.128. The van der Waals surface area contributed by atoms with E-state index in [0.717, 1.165) is 12.8 Å². The van der Waals surface area contributed by atoms with Gasteiger partial charge in [0.1, 0.15) is 11.0 Å². The molecule has 9 heteroatoms. The van der Waals surface area contributed by atoms with Crippen LogP contribution in [0, 0.1) is 0 Å². The molecular weight excluding hydrogens is 365 g/mol. The highest BCUT2D eigenvalue weighted by atomic mass is 35.5. The van der Waals surface area contributed by atoms with Crippen molar-refractivity contribution in [2.75, 3.05) is 13.2 Å². The van der Waals surface area contributed by atoms with Gasteiger partial charge in [0.2, 0.25) is 0 Å². The number of ether oxygens (including phenoxy) is 2. The molecule has 0 bridgehead atoms. The predicted molar refractivity (Wildman–Crippen MR) is 86.2 cm³/mol. The fourth-order valence-corrected chi connectivity index (χ4v) is 4.30. The minimum atomic E-state index is -4.18. The number of hydrogen-bond acceptors (Lipinski definition) is 5. The van der Waals surface area contributed by atoms with Gasteiger partial charge in [-0.25, -0.2) is 13.1 Å². The van der Waals surface area contributed by atoms with Crippen LogP contribution in [0.2, 0.25) is 10.0 Å². The van der Waals surface area contributed by atoms with Crippen molar-refractivity contribution in [3.63, 3.8) is 0 Å². The van der Waals surface area contributed by atoms with Crippen molar-refractivity contribution < 1.29 is 22.7 Å². The number of rotatable bonds is 6. The molecule has 1 amide bonds. The van der Waals surface area contributed by atoms with Gasteiger partial charge in [0, 0.05) is 6.61 Å². The zero-order valence-electron chi connectivity index (χ0n) is 12.4. The van der Waals surface area contributed by atoms with Crippen LogP contribution in [0.3, 0.4) is 0 Å². The molecule has 6 nitrogen and oxygen atoms in total. The first-order valence-electron chi connectivity index (χ1n) is 7.05. The highest BCUT2D eigenvalue weighted by Gasteiger charge is 2.27. The quantitative estimate of drug-likeness (QED) is 0.817. The van der Waals surface area contributed by atoms with Gasteiger partial charge in [-0.15, -0.1) is 0 Å². The zero-order chi connectivity index (χ0) is 17.0. The van der Waals surface area contributed by atoms with Crippen molar-refractivity contribution in [1.82, 2.24) is 4.72 Å². The summed E-state index contributed by atoms with van der Waals surface area (Å²) in [4.78, 5) is 11.7. The van der Waals surface area contributed by atoms with Gasteiger partial charge in [-0.1, -0.05) is 29.3 Å². The molecule has 0 radical (unpaired) electrons. The largest absolute Gasteiger partial charge is 0.376 e. The van der Waals surface area contributed by atoms with Crippen molar-refractivity contribution in [1.29, 1.82) is 0 Å². The van der Waals surface area contributed by atoms with E-state index in [4.69, 9.17) is 32.7 Å². The summed E-state index contributed by atoms with van der Waals surface area (Å²) in [6.45, 7) is 2.38. The number of carbonyl (C=O) groups excluding carboxylic acids is 1. The molecular formula is C14H17Cl2NO5S. The first-order valence-corrected chi connectivity index (χ1v) is 9.29. The summed E-state index contributed by atoms with van der Waals surface area (Å²) in [5.74, 6) is -0.793. The molecule has 0 saturated carbocycles. The highest BCUT2D eigenvalue weighted by Crippen LogP contribution is 2.28. The van der Waals surface area contributed by atoms with E-state index >= 15 is 0 Å². The number of nitrogens with one attached hydrogen (secondary N) is 1. The summed E-state index contributed by atoms with van der Waals surface area (Å²) >= 11 is 11.7. The third kappa shape index (κ3) is 4.81. The standard InChI is InChI=1S/C14H17Cl2NO5S/c1-9(22-8-10-4-3-7-21-10)14(18)17-23(19,20)13-11(15)5-2-6-12(13)16/h2,5-6,9-10H,3-4,7-8H2,1H3,(H,17,18)/t9-,10+/m1/s1. The average molecular weight is 382 g/mol. The maximum absolute atomic E-state index is 12.3. The molecule has 1 fully saturated rings. The van der Waals surface area contributed by atoms with Gasteiger partial charge in [-0.05, 0) is 31.9 Å². The third-order valence-electron chi connectivity index (χ3n) is 3.35. The Kier molecular flexibility index (Phi) is 6.27. The van der Waals surface area contributed by atoms with E-state index in [2.05, 4.69) is 0 Å². The Morgan fingerprint density at radius 2 is 2.09 bits per heavy atom. The Bertz CT molecular complexity index is 653. The molecule has 1 aromatic carbocycles. The fourth-order valence-electron chi connectivity index (χ4n) is 2.11. The van der Waals surface area contributed by atoms with Gasteiger partial charge in [0.25, 0.3) is 15.9 Å². The van der Waals surface area contributed by atoms with Crippen LogP contribution in [-0.4, -0.2) is 39.7 Å². The Labute approximate surface area is 145 Å². The molecule has 2 rings (SSSR count). The second-order valence-electron chi connectivity index (χ2n) is 5.13. The minimum absolute atomic E-state index is 0.0557. The minimum Gasteiger partial charge on any atom is -0.376 e. The van der Waals surface area contributed by atoms with Crippen molar-refractivity contribution in [3.05, 3.63) is 28.2 Å². The zero-order valence-corrected chi connectivity index (χ0v) is 14.7. The molecule has 1 aliphatic rings. The summed E-state index contributed by atoms with van der Waals surface area (Å²) in [7, 11) is -4.18. The third-order valence-corrected chi connectivity index (χ3v) is 5.65. The molecule has 23 heavy (non-hydrogen) atoms. The summed E-state index contributed by atoms with van der Waals surface area (Å²) in [5.41, 5.74) is 0. The lowest BCUT2D eigenvalue weighted by atomic mass is 10.2.